The maximum absolute atomic E-state index is 10.5. The van der Waals surface area contributed by atoms with E-state index in [0.717, 1.165) is 25.7 Å². The Labute approximate surface area is 94.3 Å². The van der Waals surface area contributed by atoms with Crippen LogP contribution in [0.1, 0.15) is 23.3 Å². The van der Waals surface area contributed by atoms with Crippen LogP contribution in [0.5, 0.6) is 0 Å². The van der Waals surface area contributed by atoms with Gasteiger partial charge in [0.1, 0.15) is 5.69 Å². The van der Waals surface area contributed by atoms with Gasteiger partial charge in [-0.05, 0) is 12.0 Å². The van der Waals surface area contributed by atoms with E-state index in [0.29, 0.717) is 11.6 Å². The van der Waals surface area contributed by atoms with E-state index in [1.54, 1.807) is 25.0 Å². The quantitative estimate of drug-likeness (QED) is 0.555. The highest BCUT2D eigenvalue weighted by molar-refractivity contribution is 5.71. The zero-order valence-corrected chi connectivity index (χ0v) is 9.55. The molecule has 1 fully saturated rings. The van der Waals surface area contributed by atoms with Crippen LogP contribution >= 0.6 is 0 Å². The minimum absolute atomic E-state index is 0.398. The molecular weight excluding hydrogens is 208 g/mol. The molecule has 1 aromatic rings. The molecule has 1 saturated carbocycles. The van der Waals surface area contributed by atoms with Crippen molar-refractivity contribution < 1.29 is 14.3 Å². The zero-order valence-electron chi connectivity index (χ0n) is 9.55. The van der Waals surface area contributed by atoms with Crippen LogP contribution in [0.3, 0.4) is 0 Å². The molecule has 1 aromatic heterocycles. The van der Waals surface area contributed by atoms with E-state index in [2.05, 4.69) is 5.10 Å². The van der Waals surface area contributed by atoms with Gasteiger partial charge in [-0.15, -0.1) is 0 Å². The summed E-state index contributed by atoms with van der Waals surface area (Å²) in [5.74, 6) is 0.102. The van der Waals surface area contributed by atoms with Crippen LogP contribution in [-0.2, 0) is 16.0 Å². The van der Waals surface area contributed by atoms with E-state index in [-0.39, 0.29) is 0 Å². The Hall–Kier alpha value is -1.20. The highest BCUT2D eigenvalue weighted by Crippen LogP contribution is 2.41. The van der Waals surface area contributed by atoms with Crippen molar-refractivity contribution in [1.82, 2.24) is 9.78 Å². The van der Waals surface area contributed by atoms with E-state index in [1.165, 1.54) is 0 Å². The summed E-state index contributed by atoms with van der Waals surface area (Å²) in [6.07, 6.45) is 4.32. The Morgan fingerprint density at radius 2 is 2.25 bits per heavy atom. The first kappa shape index (κ1) is 11.3. The molecule has 0 amide bonds. The number of carbonyl (C=O) groups excluding carboxylic acids is 1. The summed E-state index contributed by atoms with van der Waals surface area (Å²) in [7, 11) is 3.33. The zero-order chi connectivity index (χ0) is 11.6. The predicted molar refractivity (Wildman–Crippen MR) is 57.1 cm³/mol. The average molecular weight is 224 g/mol. The highest BCUT2D eigenvalue weighted by Gasteiger charge is 2.45. The standard InChI is InChI=1S/C11H16N2O3/c1-15-11(16-2)5-9(6-11)7-13-4-3-10(8-14)12-13/h3-4,8-9H,5-7H2,1-2H3. The molecule has 0 atom stereocenters. The number of nitrogens with zero attached hydrogens (tertiary/aromatic N) is 2. The Bertz CT molecular complexity index is 363. The SMILES string of the molecule is COC1(OC)CC(Cn2ccc(C=O)n2)C1. The van der Waals surface area contributed by atoms with Gasteiger partial charge in [0.05, 0.1) is 0 Å². The third-order valence-electron chi connectivity index (χ3n) is 3.17. The summed E-state index contributed by atoms with van der Waals surface area (Å²) >= 11 is 0. The third-order valence-corrected chi connectivity index (χ3v) is 3.17. The van der Waals surface area contributed by atoms with E-state index in [4.69, 9.17) is 9.47 Å². The molecule has 0 saturated heterocycles. The molecule has 0 aliphatic heterocycles. The summed E-state index contributed by atoms with van der Waals surface area (Å²) in [5, 5.41) is 4.12. The third kappa shape index (κ3) is 2.01. The van der Waals surface area contributed by atoms with Crippen LogP contribution in [0, 0.1) is 5.92 Å². The number of hydrogen-bond donors (Lipinski definition) is 0. The monoisotopic (exact) mass is 224 g/mol. The molecule has 1 aliphatic rings. The van der Waals surface area contributed by atoms with E-state index in [9.17, 15) is 4.79 Å². The lowest BCUT2D eigenvalue weighted by atomic mass is 9.78. The number of ether oxygens (including phenoxy) is 2. The lowest BCUT2D eigenvalue weighted by Crippen LogP contribution is -2.48. The van der Waals surface area contributed by atoms with Gasteiger partial charge in [0.15, 0.2) is 12.1 Å². The second-order valence-corrected chi connectivity index (χ2v) is 4.17. The van der Waals surface area contributed by atoms with Gasteiger partial charge in [0.25, 0.3) is 0 Å². The average Bonchev–Trinajstić information content (AvgIpc) is 2.70. The second-order valence-electron chi connectivity index (χ2n) is 4.17. The number of rotatable bonds is 5. The van der Waals surface area contributed by atoms with Gasteiger partial charge < -0.3 is 9.47 Å². The van der Waals surface area contributed by atoms with Gasteiger partial charge >= 0.3 is 0 Å². The van der Waals surface area contributed by atoms with Crippen LogP contribution in [0.4, 0.5) is 0 Å². The van der Waals surface area contributed by atoms with Crippen LogP contribution in [0.25, 0.3) is 0 Å². The molecule has 0 aromatic carbocycles. The van der Waals surface area contributed by atoms with Gasteiger partial charge in [-0.2, -0.15) is 5.10 Å². The first-order chi connectivity index (χ1) is 7.71. The van der Waals surface area contributed by atoms with Crippen molar-refractivity contribution in [3.8, 4) is 0 Å². The van der Waals surface area contributed by atoms with E-state index < -0.39 is 5.79 Å². The fourth-order valence-corrected chi connectivity index (χ4v) is 2.17. The Morgan fingerprint density at radius 1 is 1.56 bits per heavy atom. The van der Waals surface area contributed by atoms with Gasteiger partial charge in [-0.3, -0.25) is 9.48 Å². The molecule has 0 radical (unpaired) electrons. The van der Waals surface area contributed by atoms with Crippen LogP contribution in [-0.4, -0.2) is 36.1 Å². The van der Waals surface area contributed by atoms with Gasteiger partial charge in [0, 0.05) is 39.8 Å². The minimum atomic E-state index is -0.398. The molecule has 88 valence electrons. The first-order valence-corrected chi connectivity index (χ1v) is 5.30. The van der Waals surface area contributed by atoms with E-state index in [1.807, 2.05) is 6.20 Å². The van der Waals surface area contributed by atoms with Gasteiger partial charge in [-0.25, -0.2) is 0 Å². The lowest BCUT2D eigenvalue weighted by Gasteiger charge is -2.45. The Morgan fingerprint density at radius 3 is 2.75 bits per heavy atom. The molecule has 0 N–H and O–H groups in total. The number of methoxy groups -OCH3 is 2. The van der Waals surface area contributed by atoms with Gasteiger partial charge in [-0.1, -0.05) is 0 Å². The van der Waals surface area contributed by atoms with Crippen molar-refractivity contribution in [2.75, 3.05) is 14.2 Å². The lowest BCUT2D eigenvalue weighted by molar-refractivity contribution is -0.271. The van der Waals surface area contributed by atoms with Crippen molar-refractivity contribution in [2.45, 2.75) is 25.2 Å². The fourth-order valence-electron chi connectivity index (χ4n) is 2.17. The molecule has 2 rings (SSSR count). The summed E-state index contributed by atoms with van der Waals surface area (Å²) in [4.78, 5) is 10.5. The number of aromatic nitrogens is 2. The molecule has 1 aliphatic carbocycles. The topological polar surface area (TPSA) is 53.4 Å². The van der Waals surface area contributed by atoms with Crippen molar-refractivity contribution >= 4 is 6.29 Å². The maximum atomic E-state index is 10.5. The molecule has 0 unspecified atom stereocenters. The highest BCUT2D eigenvalue weighted by atomic mass is 16.7. The number of hydrogen-bond acceptors (Lipinski definition) is 4. The second kappa shape index (κ2) is 4.35. The molecule has 0 spiro atoms. The Kier molecular flexibility index (Phi) is 3.07. The van der Waals surface area contributed by atoms with E-state index >= 15 is 0 Å². The molecule has 5 heteroatoms. The molecule has 16 heavy (non-hydrogen) atoms. The predicted octanol–water partition coefficient (Wildman–Crippen LogP) is 1.09. The van der Waals surface area contributed by atoms with Gasteiger partial charge in [0.2, 0.25) is 0 Å². The summed E-state index contributed by atoms with van der Waals surface area (Å²) in [6, 6.07) is 1.71. The smallest absolute Gasteiger partial charge is 0.170 e. The molecule has 5 nitrogen and oxygen atoms in total. The fraction of sp³-hybridized carbons (Fsp3) is 0.636. The summed E-state index contributed by atoms with van der Waals surface area (Å²) in [6.45, 7) is 0.808. The largest absolute Gasteiger partial charge is 0.353 e. The number of carbonyl (C=O) groups is 1. The van der Waals surface area contributed by atoms with Crippen molar-refractivity contribution in [1.29, 1.82) is 0 Å². The summed E-state index contributed by atoms with van der Waals surface area (Å²) < 4.78 is 12.4. The normalized spacial score (nSPS) is 19.4. The molecule has 1 heterocycles. The first-order valence-electron chi connectivity index (χ1n) is 5.30. The van der Waals surface area contributed by atoms with Crippen LogP contribution in [0.2, 0.25) is 0 Å². The maximum Gasteiger partial charge on any atom is 0.170 e. The number of aldehydes is 1. The minimum Gasteiger partial charge on any atom is -0.353 e. The van der Waals surface area contributed by atoms with Crippen molar-refractivity contribution in [3.05, 3.63) is 18.0 Å². The van der Waals surface area contributed by atoms with Crippen LogP contribution < -0.4 is 0 Å². The molecule has 0 bridgehead atoms. The molecular formula is C11H16N2O3. The van der Waals surface area contributed by atoms with Crippen molar-refractivity contribution in [3.63, 3.8) is 0 Å². The van der Waals surface area contributed by atoms with Crippen LogP contribution in [0.15, 0.2) is 12.3 Å². The van der Waals surface area contributed by atoms with Crippen molar-refractivity contribution in [2.24, 2.45) is 5.92 Å². The Balaban J connectivity index is 1.87. The summed E-state index contributed by atoms with van der Waals surface area (Å²) in [5.41, 5.74) is 0.476.